The maximum atomic E-state index is 13.3. The Morgan fingerprint density at radius 1 is 0.900 bits per heavy atom. The molecule has 1 fully saturated rings. The van der Waals surface area contributed by atoms with Gasteiger partial charge in [0.15, 0.2) is 11.5 Å². The topological polar surface area (TPSA) is 48.0 Å². The van der Waals surface area contributed by atoms with E-state index >= 15 is 0 Å². The number of methoxy groups -OCH3 is 2. The molecule has 1 aliphatic rings. The van der Waals surface area contributed by atoms with E-state index in [0.717, 1.165) is 11.1 Å². The number of carbonyl (C=O) groups is 1. The number of benzene rings is 3. The molecule has 0 bridgehead atoms. The van der Waals surface area contributed by atoms with Crippen molar-refractivity contribution in [2.75, 3.05) is 14.2 Å². The number of likely N-dealkylation sites (tertiary alicyclic amines) is 1. The van der Waals surface area contributed by atoms with Crippen LogP contribution >= 0.6 is 0 Å². The smallest absolute Gasteiger partial charge is 0.267 e. The van der Waals surface area contributed by atoms with E-state index in [9.17, 15) is 9.18 Å². The molecule has 1 saturated heterocycles. The zero-order chi connectivity index (χ0) is 21.1. The van der Waals surface area contributed by atoms with Crippen LogP contribution in [0.3, 0.4) is 0 Å². The zero-order valence-electron chi connectivity index (χ0n) is 16.7. The molecule has 4 rings (SSSR count). The summed E-state index contributed by atoms with van der Waals surface area (Å²) in [7, 11) is 3.15. The molecule has 0 saturated carbocycles. The normalized spacial score (nSPS) is 18.0. The van der Waals surface area contributed by atoms with Crippen LogP contribution in [-0.2, 0) is 11.3 Å². The van der Waals surface area contributed by atoms with Crippen LogP contribution in [0.4, 0.5) is 4.39 Å². The predicted octanol–water partition coefficient (Wildman–Crippen LogP) is 4.37. The van der Waals surface area contributed by atoms with E-state index in [0.29, 0.717) is 23.8 Å². The molecule has 154 valence electrons. The van der Waals surface area contributed by atoms with E-state index < -0.39 is 6.10 Å². The van der Waals surface area contributed by atoms with Gasteiger partial charge >= 0.3 is 0 Å². The Bertz CT molecular complexity index is 1020. The second-order valence-electron chi connectivity index (χ2n) is 7.00. The molecule has 1 aliphatic heterocycles. The summed E-state index contributed by atoms with van der Waals surface area (Å²) in [6.45, 7) is 0.354. The van der Waals surface area contributed by atoms with Crippen LogP contribution < -0.4 is 14.2 Å². The van der Waals surface area contributed by atoms with Crippen LogP contribution in [0.15, 0.2) is 72.8 Å². The third-order valence-electron chi connectivity index (χ3n) is 5.17. The molecule has 0 aromatic heterocycles. The number of nitrogens with zero attached hydrogens (tertiary/aromatic N) is 1. The van der Waals surface area contributed by atoms with E-state index in [1.165, 1.54) is 12.1 Å². The largest absolute Gasteiger partial charge is 0.493 e. The van der Waals surface area contributed by atoms with Gasteiger partial charge in [-0.05, 0) is 47.5 Å². The molecule has 1 amide bonds. The van der Waals surface area contributed by atoms with Gasteiger partial charge in [0.2, 0.25) is 6.10 Å². The quantitative estimate of drug-likeness (QED) is 0.546. The minimum absolute atomic E-state index is 0.122. The summed E-state index contributed by atoms with van der Waals surface area (Å²) in [6.07, 6.45) is -0.661. The number of para-hydroxylation sites is 1. The molecular weight excluding hydrogens is 385 g/mol. The Morgan fingerprint density at radius 2 is 1.60 bits per heavy atom. The first-order valence-electron chi connectivity index (χ1n) is 9.59. The minimum Gasteiger partial charge on any atom is -0.493 e. The van der Waals surface area contributed by atoms with Gasteiger partial charge in [-0.2, -0.15) is 0 Å². The zero-order valence-corrected chi connectivity index (χ0v) is 16.7. The van der Waals surface area contributed by atoms with Crippen LogP contribution in [0.1, 0.15) is 17.2 Å². The minimum atomic E-state index is -0.661. The molecule has 5 nitrogen and oxygen atoms in total. The van der Waals surface area contributed by atoms with Crippen molar-refractivity contribution < 1.29 is 23.4 Å². The fraction of sp³-hybridized carbons (Fsp3) is 0.208. The fourth-order valence-corrected chi connectivity index (χ4v) is 3.63. The molecule has 1 heterocycles. The average Bonchev–Trinajstić information content (AvgIpc) is 2.79. The van der Waals surface area contributed by atoms with Crippen molar-refractivity contribution in [3.05, 3.63) is 89.7 Å². The van der Waals surface area contributed by atoms with Gasteiger partial charge in [-0.15, -0.1) is 0 Å². The van der Waals surface area contributed by atoms with Gasteiger partial charge in [-0.25, -0.2) is 4.39 Å². The van der Waals surface area contributed by atoms with Crippen molar-refractivity contribution in [1.29, 1.82) is 0 Å². The molecule has 6 heteroatoms. The first-order chi connectivity index (χ1) is 14.6. The molecular formula is C24H22FNO4. The summed E-state index contributed by atoms with van der Waals surface area (Å²) < 4.78 is 30.1. The van der Waals surface area contributed by atoms with Gasteiger partial charge in [-0.1, -0.05) is 36.4 Å². The summed E-state index contributed by atoms with van der Waals surface area (Å²) in [5.41, 5.74) is 1.71. The van der Waals surface area contributed by atoms with Crippen molar-refractivity contribution in [2.24, 2.45) is 0 Å². The highest BCUT2D eigenvalue weighted by Gasteiger charge is 2.50. The molecule has 3 aromatic carbocycles. The Morgan fingerprint density at radius 3 is 2.27 bits per heavy atom. The number of amides is 1. The van der Waals surface area contributed by atoms with Crippen LogP contribution in [-0.4, -0.2) is 31.1 Å². The number of ether oxygens (including phenoxy) is 3. The predicted molar refractivity (Wildman–Crippen MR) is 110 cm³/mol. The third kappa shape index (κ3) is 3.81. The lowest BCUT2D eigenvalue weighted by molar-refractivity contribution is -0.165. The van der Waals surface area contributed by atoms with Gasteiger partial charge in [0.25, 0.3) is 5.91 Å². The van der Waals surface area contributed by atoms with Crippen LogP contribution in [0.2, 0.25) is 0 Å². The van der Waals surface area contributed by atoms with Crippen molar-refractivity contribution in [1.82, 2.24) is 4.90 Å². The van der Waals surface area contributed by atoms with Gasteiger partial charge in [0.05, 0.1) is 14.2 Å². The Labute approximate surface area is 174 Å². The molecule has 0 radical (unpaired) electrons. The first kappa shape index (κ1) is 19.8. The third-order valence-corrected chi connectivity index (χ3v) is 5.17. The fourth-order valence-electron chi connectivity index (χ4n) is 3.63. The van der Waals surface area contributed by atoms with E-state index in [2.05, 4.69) is 0 Å². The SMILES string of the molecule is COc1ccc([C@@H]2[C@@H](Oc3ccccc3)C(=O)N2Cc2ccc(F)cc2)cc1OC. The van der Waals surface area contributed by atoms with E-state index in [1.807, 2.05) is 48.5 Å². The second kappa shape index (κ2) is 8.45. The highest BCUT2D eigenvalue weighted by atomic mass is 19.1. The molecule has 30 heavy (non-hydrogen) atoms. The first-order valence-corrected chi connectivity index (χ1v) is 9.59. The van der Waals surface area contributed by atoms with E-state index in [1.54, 1.807) is 31.3 Å². The lowest BCUT2D eigenvalue weighted by atomic mass is 9.89. The van der Waals surface area contributed by atoms with Gasteiger partial charge in [0, 0.05) is 6.54 Å². The number of β-lactam (4-membered cyclic amide) rings is 1. The standard InChI is InChI=1S/C24H22FNO4/c1-28-20-13-10-17(14-21(20)29-2)22-23(30-19-6-4-3-5-7-19)24(27)26(22)15-16-8-11-18(25)12-9-16/h3-14,22-23H,15H2,1-2H3/t22-,23-/m1/s1. The van der Waals surface area contributed by atoms with Crippen LogP contribution in [0.25, 0.3) is 0 Å². The van der Waals surface area contributed by atoms with Crippen molar-refractivity contribution in [2.45, 2.75) is 18.7 Å². The molecule has 0 spiro atoms. The molecule has 2 atom stereocenters. The van der Waals surface area contributed by atoms with Crippen molar-refractivity contribution in [3.63, 3.8) is 0 Å². The Hall–Kier alpha value is -3.54. The summed E-state index contributed by atoms with van der Waals surface area (Å²) in [6, 6.07) is 20.7. The molecule has 0 unspecified atom stereocenters. The van der Waals surface area contributed by atoms with Crippen LogP contribution in [0, 0.1) is 5.82 Å². The van der Waals surface area contributed by atoms with Gasteiger partial charge in [-0.3, -0.25) is 4.79 Å². The Balaban J connectivity index is 1.65. The molecule has 0 aliphatic carbocycles. The lowest BCUT2D eigenvalue weighted by Crippen LogP contribution is -2.60. The summed E-state index contributed by atoms with van der Waals surface area (Å²) in [4.78, 5) is 14.7. The summed E-state index contributed by atoms with van der Waals surface area (Å²) in [5.74, 6) is 1.38. The number of carbonyl (C=O) groups excluding carboxylic acids is 1. The van der Waals surface area contributed by atoms with Gasteiger partial charge < -0.3 is 19.1 Å². The second-order valence-corrected chi connectivity index (χ2v) is 7.00. The summed E-state index contributed by atoms with van der Waals surface area (Å²) >= 11 is 0. The summed E-state index contributed by atoms with van der Waals surface area (Å²) in [5, 5.41) is 0. The van der Waals surface area contributed by atoms with E-state index in [4.69, 9.17) is 14.2 Å². The number of hydrogen-bond acceptors (Lipinski definition) is 4. The highest BCUT2D eigenvalue weighted by molar-refractivity contribution is 5.89. The average molecular weight is 407 g/mol. The number of hydrogen-bond donors (Lipinski definition) is 0. The molecule has 3 aromatic rings. The maximum Gasteiger partial charge on any atom is 0.267 e. The Kier molecular flexibility index (Phi) is 5.57. The van der Waals surface area contributed by atoms with Crippen LogP contribution in [0.5, 0.6) is 17.2 Å². The van der Waals surface area contributed by atoms with Crippen molar-refractivity contribution >= 4 is 5.91 Å². The van der Waals surface area contributed by atoms with Gasteiger partial charge in [0.1, 0.15) is 17.6 Å². The molecule has 0 N–H and O–H groups in total. The monoisotopic (exact) mass is 407 g/mol. The number of halogens is 1. The number of rotatable bonds is 7. The maximum absolute atomic E-state index is 13.3. The van der Waals surface area contributed by atoms with Crippen molar-refractivity contribution in [3.8, 4) is 17.2 Å². The highest BCUT2D eigenvalue weighted by Crippen LogP contribution is 2.41. The van der Waals surface area contributed by atoms with E-state index in [-0.39, 0.29) is 17.8 Å². The lowest BCUT2D eigenvalue weighted by Gasteiger charge is -2.47.